The maximum absolute atomic E-state index is 12.3. The van der Waals surface area contributed by atoms with E-state index >= 15 is 0 Å². The summed E-state index contributed by atoms with van der Waals surface area (Å²) in [5.41, 5.74) is 0.659. The number of thioether (sulfide) groups is 1. The lowest BCUT2D eigenvalue weighted by Gasteiger charge is -2.26. The lowest BCUT2D eigenvalue weighted by atomic mass is 9.93. The van der Waals surface area contributed by atoms with Gasteiger partial charge in [-0.3, -0.25) is 4.79 Å². The van der Waals surface area contributed by atoms with Crippen molar-refractivity contribution in [2.45, 2.75) is 23.2 Å². The Hall–Kier alpha value is -1.98. The maximum atomic E-state index is 12.3. The van der Waals surface area contributed by atoms with E-state index in [-0.39, 0.29) is 5.25 Å². The van der Waals surface area contributed by atoms with Crippen LogP contribution < -0.4 is 4.74 Å². The Morgan fingerprint density at radius 1 is 1.04 bits per heavy atom. The minimum absolute atomic E-state index is 0.156. The van der Waals surface area contributed by atoms with Gasteiger partial charge in [-0.15, -0.1) is 11.8 Å². The molecule has 2 aromatic carbocycles. The molecule has 0 bridgehead atoms. The van der Waals surface area contributed by atoms with Crippen LogP contribution in [-0.4, -0.2) is 30.5 Å². The second-order valence-electron chi connectivity index (χ2n) is 5.40. The topological polar surface area (TPSA) is 55.8 Å². The standard InChI is InChI=1S/C19H22O4S/c1-13(24-16-7-5-4-6-8-16)17(19(21)23-3)18(20)14-9-11-15(22-2)12-10-14/h4-13,17-18,20H,1-3H3/t13-,17+,18?/m1/s1. The molecule has 24 heavy (non-hydrogen) atoms. The first-order valence-corrected chi connectivity index (χ1v) is 8.56. The van der Waals surface area contributed by atoms with Crippen LogP contribution in [0.4, 0.5) is 0 Å². The fourth-order valence-electron chi connectivity index (χ4n) is 2.51. The first kappa shape index (κ1) is 18.4. The quantitative estimate of drug-likeness (QED) is 0.612. The highest BCUT2D eigenvalue weighted by molar-refractivity contribution is 8.00. The minimum Gasteiger partial charge on any atom is -0.497 e. The second-order valence-corrected chi connectivity index (χ2v) is 6.85. The Morgan fingerprint density at radius 2 is 1.67 bits per heavy atom. The molecule has 1 unspecified atom stereocenters. The molecule has 0 saturated carbocycles. The summed E-state index contributed by atoms with van der Waals surface area (Å²) in [6.07, 6.45) is -0.949. The van der Waals surface area contributed by atoms with Gasteiger partial charge in [0.1, 0.15) is 5.75 Å². The van der Waals surface area contributed by atoms with Crippen LogP contribution in [0.5, 0.6) is 5.75 Å². The molecular weight excluding hydrogens is 324 g/mol. The molecule has 0 aromatic heterocycles. The Labute approximate surface area is 146 Å². The molecular formula is C19H22O4S. The summed E-state index contributed by atoms with van der Waals surface area (Å²) in [4.78, 5) is 13.3. The van der Waals surface area contributed by atoms with Crippen LogP contribution in [0.15, 0.2) is 59.5 Å². The zero-order valence-electron chi connectivity index (χ0n) is 14.0. The van der Waals surface area contributed by atoms with Gasteiger partial charge in [-0.2, -0.15) is 0 Å². The number of methoxy groups -OCH3 is 2. The van der Waals surface area contributed by atoms with Gasteiger partial charge in [-0.05, 0) is 29.8 Å². The van der Waals surface area contributed by atoms with Crippen molar-refractivity contribution in [1.29, 1.82) is 0 Å². The summed E-state index contributed by atoms with van der Waals surface area (Å²) in [5, 5.41) is 10.6. The average molecular weight is 346 g/mol. The van der Waals surface area contributed by atoms with Crippen molar-refractivity contribution in [2.75, 3.05) is 14.2 Å². The highest BCUT2D eigenvalue weighted by atomic mass is 32.2. The van der Waals surface area contributed by atoms with Gasteiger partial charge in [-0.1, -0.05) is 37.3 Å². The number of benzene rings is 2. The molecule has 4 nitrogen and oxygen atoms in total. The molecule has 5 heteroatoms. The summed E-state index contributed by atoms with van der Waals surface area (Å²) in [7, 11) is 2.93. The number of rotatable bonds is 7. The van der Waals surface area contributed by atoms with Crippen molar-refractivity contribution in [2.24, 2.45) is 5.92 Å². The zero-order valence-corrected chi connectivity index (χ0v) is 14.8. The lowest BCUT2D eigenvalue weighted by molar-refractivity contribution is -0.149. The van der Waals surface area contributed by atoms with E-state index in [4.69, 9.17) is 9.47 Å². The molecule has 0 aliphatic rings. The number of ether oxygens (including phenoxy) is 2. The number of aliphatic hydroxyl groups is 1. The van der Waals surface area contributed by atoms with Gasteiger partial charge < -0.3 is 14.6 Å². The van der Waals surface area contributed by atoms with E-state index in [1.165, 1.54) is 7.11 Å². The van der Waals surface area contributed by atoms with Crippen LogP contribution in [0, 0.1) is 5.92 Å². The van der Waals surface area contributed by atoms with Crippen LogP contribution in [-0.2, 0) is 9.53 Å². The molecule has 2 rings (SSSR count). The summed E-state index contributed by atoms with van der Waals surface area (Å²) < 4.78 is 10.0. The van der Waals surface area contributed by atoms with Gasteiger partial charge in [0.15, 0.2) is 0 Å². The highest BCUT2D eigenvalue weighted by Gasteiger charge is 2.34. The number of carbonyl (C=O) groups is 1. The summed E-state index contributed by atoms with van der Waals surface area (Å²) in [6.45, 7) is 1.92. The van der Waals surface area contributed by atoms with Crippen molar-refractivity contribution < 1.29 is 19.4 Å². The minimum atomic E-state index is -0.949. The molecule has 0 aliphatic carbocycles. The van der Waals surface area contributed by atoms with E-state index < -0.39 is 18.0 Å². The third-order valence-corrected chi connectivity index (χ3v) is 5.05. The number of aliphatic hydroxyl groups excluding tert-OH is 1. The smallest absolute Gasteiger partial charge is 0.312 e. The van der Waals surface area contributed by atoms with Crippen molar-refractivity contribution >= 4 is 17.7 Å². The maximum Gasteiger partial charge on any atom is 0.312 e. The molecule has 0 radical (unpaired) electrons. The normalized spacial score (nSPS) is 14.5. The van der Waals surface area contributed by atoms with E-state index in [2.05, 4.69) is 0 Å². The molecule has 0 fully saturated rings. The SMILES string of the molecule is COC(=O)[C@H](C(O)c1ccc(OC)cc1)[C@@H](C)Sc1ccccc1. The van der Waals surface area contributed by atoms with Crippen molar-refractivity contribution in [1.82, 2.24) is 0 Å². The fourth-order valence-corrected chi connectivity index (χ4v) is 3.66. The van der Waals surface area contributed by atoms with Gasteiger partial charge in [0.05, 0.1) is 26.2 Å². The van der Waals surface area contributed by atoms with Gasteiger partial charge >= 0.3 is 5.97 Å². The van der Waals surface area contributed by atoms with Crippen LogP contribution in [0.25, 0.3) is 0 Å². The molecule has 0 saturated heterocycles. The molecule has 0 spiro atoms. The number of hydrogen-bond acceptors (Lipinski definition) is 5. The van der Waals surface area contributed by atoms with E-state index in [1.54, 1.807) is 43.1 Å². The zero-order chi connectivity index (χ0) is 17.5. The van der Waals surface area contributed by atoms with Crippen LogP contribution in [0.1, 0.15) is 18.6 Å². The first-order valence-electron chi connectivity index (χ1n) is 7.68. The third kappa shape index (κ3) is 4.52. The molecule has 2 aromatic rings. The summed E-state index contributed by atoms with van der Waals surface area (Å²) >= 11 is 1.54. The van der Waals surface area contributed by atoms with E-state index in [0.29, 0.717) is 11.3 Å². The Balaban J connectivity index is 2.21. The second kappa shape index (κ2) is 8.76. The predicted molar refractivity (Wildman–Crippen MR) is 95.2 cm³/mol. The summed E-state index contributed by atoms with van der Waals surface area (Å²) in [5.74, 6) is -0.393. The predicted octanol–water partition coefficient (Wildman–Crippen LogP) is 3.70. The average Bonchev–Trinajstić information content (AvgIpc) is 2.62. The largest absolute Gasteiger partial charge is 0.497 e. The highest BCUT2D eigenvalue weighted by Crippen LogP contribution is 2.35. The van der Waals surface area contributed by atoms with E-state index in [9.17, 15) is 9.90 Å². The number of hydrogen-bond donors (Lipinski definition) is 1. The molecule has 128 valence electrons. The molecule has 3 atom stereocenters. The fraction of sp³-hybridized carbons (Fsp3) is 0.316. The Morgan fingerprint density at radius 3 is 2.21 bits per heavy atom. The third-order valence-electron chi connectivity index (χ3n) is 3.84. The van der Waals surface area contributed by atoms with Gasteiger partial charge in [-0.25, -0.2) is 0 Å². The van der Waals surface area contributed by atoms with Gasteiger partial charge in [0, 0.05) is 10.1 Å². The molecule has 1 N–H and O–H groups in total. The van der Waals surface area contributed by atoms with Crippen LogP contribution >= 0.6 is 11.8 Å². The summed E-state index contributed by atoms with van der Waals surface area (Å²) in [6, 6.07) is 16.9. The molecule has 0 heterocycles. The van der Waals surface area contributed by atoms with Gasteiger partial charge in [0.25, 0.3) is 0 Å². The number of esters is 1. The van der Waals surface area contributed by atoms with Crippen molar-refractivity contribution in [3.05, 3.63) is 60.2 Å². The number of carbonyl (C=O) groups excluding carboxylic acids is 1. The molecule has 0 amide bonds. The molecule has 0 aliphatic heterocycles. The van der Waals surface area contributed by atoms with Crippen molar-refractivity contribution in [3.8, 4) is 5.75 Å². The Kier molecular flexibility index (Phi) is 6.70. The van der Waals surface area contributed by atoms with E-state index in [0.717, 1.165) is 4.90 Å². The van der Waals surface area contributed by atoms with Crippen LogP contribution in [0.2, 0.25) is 0 Å². The Bertz CT molecular complexity index is 642. The lowest BCUT2D eigenvalue weighted by Crippen LogP contribution is -2.31. The van der Waals surface area contributed by atoms with E-state index in [1.807, 2.05) is 37.3 Å². The van der Waals surface area contributed by atoms with Crippen molar-refractivity contribution in [3.63, 3.8) is 0 Å². The first-order chi connectivity index (χ1) is 11.6. The van der Waals surface area contributed by atoms with Crippen LogP contribution in [0.3, 0.4) is 0 Å². The monoisotopic (exact) mass is 346 g/mol. The van der Waals surface area contributed by atoms with Gasteiger partial charge in [0.2, 0.25) is 0 Å².